The summed E-state index contributed by atoms with van der Waals surface area (Å²) < 4.78 is 18.7. The normalized spacial score (nSPS) is 9.75. The van der Waals surface area contributed by atoms with E-state index >= 15 is 0 Å². The molecular formula is C16H12ClFO2. The molecule has 20 heavy (non-hydrogen) atoms. The summed E-state index contributed by atoms with van der Waals surface area (Å²) in [6.07, 6.45) is 0. The fourth-order valence-corrected chi connectivity index (χ4v) is 1.73. The highest BCUT2D eigenvalue weighted by Crippen LogP contribution is 2.21. The van der Waals surface area contributed by atoms with E-state index in [0.717, 1.165) is 11.1 Å². The van der Waals surface area contributed by atoms with Crippen LogP contribution in [0.4, 0.5) is 4.39 Å². The molecule has 1 N–H and O–H groups in total. The largest absolute Gasteiger partial charge is 0.489 e. The average Bonchev–Trinajstić information content (AvgIpc) is 2.47. The Morgan fingerprint density at radius 2 is 2.05 bits per heavy atom. The summed E-state index contributed by atoms with van der Waals surface area (Å²) in [7, 11) is 0. The number of benzene rings is 2. The summed E-state index contributed by atoms with van der Waals surface area (Å²) in [5, 5.41) is 8.72. The second-order valence-electron chi connectivity index (χ2n) is 4.02. The maximum atomic E-state index is 13.3. The molecule has 0 amide bonds. The van der Waals surface area contributed by atoms with E-state index in [2.05, 4.69) is 11.8 Å². The lowest BCUT2D eigenvalue weighted by Gasteiger charge is -2.07. The van der Waals surface area contributed by atoms with Crippen LogP contribution in [-0.4, -0.2) is 11.7 Å². The summed E-state index contributed by atoms with van der Waals surface area (Å²) in [5.41, 5.74) is 1.70. The van der Waals surface area contributed by atoms with Gasteiger partial charge in [-0.15, -0.1) is 0 Å². The van der Waals surface area contributed by atoms with Crippen LogP contribution < -0.4 is 4.74 Å². The molecule has 4 heteroatoms. The maximum absolute atomic E-state index is 13.3. The molecular weight excluding hydrogens is 279 g/mol. The van der Waals surface area contributed by atoms with Crippen molar-refractivity contribution in [3.63, 3.8) is 0 Å². The molecule has 0 radical (unpaired) electrons. The van der Waals surface area contributed by atoms with Gasteiger partial charge in [-0.3, -0.25) is 0 Å². The fourth-order valence-electron chi connectivity index (χ4n) is 1.61. The van der Waals surface area contributed by atoms with Crippen LogP contribution in [0.3, 0.4) is 0 Å². The third-order valence-corrected chi connectivity index (χ3v) is 2.84. The highest BCUT2D eigenvalue weighted by Gasteiger charge is 2.02. The first-order valence-corrected chi connectivity index (χ1v) is 6.33. The van der Waals surface area contributed by atoms with Crippen LogP contribution in [0.1, 0.15) is 11.1 Å². The Labute approximate surface area is 121 Å². The molecule has 0 saturated carbocycles. The van der Waals surface area contributed by atoms with E-state index in [9.17, 15) is 4.39 Å². The molecule has 0 fully saturated rings. The van der Waals surface area contributed by atoms with Crippen molar-refractivity contribution in [1.82, 2.24) is 0 Å². The van der Waals surface area contributed by atoms with Crippen LogP contribution in [0.15, 0.2) is 42.5 Å². The van der Waals surface area contributed by atoms with Crippen molar-refractivity contribution in [2.75, 3.05) is 6.61 Å². The summed E-state index contributed by atoms with van der Waals surface area (Å²) in [5.74, 6) is 5.30. The van der Waals surface area contributed by atoms with Crippen molar-refractivity contribution < 1.29 is 14.2 Å². The van der Waals surface area contributed by atoms with Crippen molar-refractivity contribution in [1.29, 1.82) is 0 Å². The summed E-state index contributed by atoms with van der Waals surface area (Å²) in [4.78, 5) is 0. The summed E-state index contributed by atoms with van der Waals surface area (Å²) in [6, 6.07) is 11.7. The SMILES string of the molecule is OCC#Cc1cccc(COc2ccc(Cl)c(F)c2)c1. The Hall–Kier alpha value is -2.02. The van der Waals surface area contributed by atoms with Crippen LogP contribution in [0, 0.1) is 17.7 Å². The van der Waals surface area contributed by atoms with E-state index in [1.807, 2.05) is 24.3 Å². The van der Waals surface area contributed by atoms with Gasteiger partial charge >= 0.3 is 0 Å². The number of hydrogen-bond acceptors (Lipinski definition) is 2. The smallest absolute Gasteiger partial charge is 0.145 e. The standard InChI is InChI=1S/C16H12ClFO2/c17-15-7-6-14(10-16(15)18)20-11-13-4-1-3-12(9-13)5-2-8-19/h1,3-4,6-7,9-10,19H,8,11H2. The predicted octanol–water partition coefficient (Wildman–Crippen LogP) is 3.40. The van der Waals surface area contributed by atoms with E-state index in [1.165, 1.54) is 12.1 Å². The molecule has 0 saturated heterocycles. The zero-order valence-electron chi connectivity index (χ0n) is 10.6. The van der Waals surface area contributed by atoms with E-state index < -0.39 is 5.82 Å². The number of hydrogen-bond donors (Lipinski definition) is 1. The van der Waals surface area contributed by atoms with Crippen molar-refractivity contribution >= 4 is 11.6 Å². The number of rotatable bonds is 3. The van der Waals surface area contributed by atoms with Gasteiger partial charge in [-0.25, -0.2) is 4.39 Å². The highest BCUT2D eigenvalue weighted by atomic mass is 35.5. The minimum Gasteiger partial charge on any atom is -0.489 e. The molecule has 2 nitrogen and oxygen atoms in total. The minimum atomic E-state index is -0.508. The molecule has 102 valence electrons. The summed E-state index contributed by atoms with van der Waals surface area (Å²) in [6.45, 7) is 0.125. The zero-order valence-corrected chi connectivity index (χ0v) is 11.3. The third kappa shape index (κ3) is 3.99. The van der Waals surface area contributed by atoms with Crippen LogP contribution in [0.5, 0.6) is 5.75 Å². The molecule has 0 atom stereocenters. The molecule has 0 aliphatic carbocycles. The van der Waals surface area contributed by atoms with Gasteiger partial charge in [0.25, 0.3) is 0 Å². The molecule has 2 aromatic carbocycles. The molecule has 0 aliphatic rings. The van der Waals surface area contributed by atoms with Crippen molar-refractivity contribution in [2.45, 2.75) is 6.61 Å². The lowest BCUT2D eigenvalue weighted by atomic mass is 10.1. The molecule has 0 unspecified atom stereocenters. The summed E-state index contributed by atoms with van der Waals surface area (Å²) >= 11 is 5.60. The van der Waals surface area contributed by atoms with E-state index in [4.69, 9.17) is 21.4 Å². The number of halogens is 2. The van der Waals surface area contributed by atoms with Gasteiger partial charge in [-0.05, 0) is 29.8 Å². The minimum absolute atomic E-state index is 0.0682. The Balaban J connectivity index is 2.05. The van der Waals surface area contributed by atoms with E-state index in [0.29, 0.717) is 12.4 Å². The lowest BCUT2D eigenvalue weighted by molar-refractivity contribution is 0.304. The molecule has 2 rings (SSSR count). The molecule has 0 bridgehead atoms. The van der Waals surface area contributed by atoms with Gasteiger partial charge in [0.2, 0.25) is 0 Å². The fraction of sp³-hybridized carbons (Fsp3) is 0.125. The monoisotopic (exact) mass is 290 g/mol. The Bertz CT molecular complexity index is 659. The van der Waals surface area contributed by atoms with Crippen molar-refractivity contribution in [2.24, 2.45) is 0 Å². The van der Waals surface area contributed by atoms with Gasteiger partial charge in [-0.1, -0.05) is 35.6 Å². The average molecular weight is 291 g/mol. The maximum Gasteiger partial charge on any atom is 0.145 e. The number of aliphatic hydroxyl groups excluding tert-OH is 1. The third-order valence-electron chi connectivity index (χ3n) is 2.54. The van der Waals surface area contributed by atoms with Gasteiger partial charge in [0.15, 0.2) is 0 Å². The Kier molecular flexibility index (Phi) is 5.00. The van der Waals surface area contributed by atoms with Crippen LogP contribution in [-0.2, 0) is 6.61 Å². The van der Waals surface area contributed by atoms with Crippen LogP contribution >= 0.6 is 11.6 Å². The van der Waals surface area contributed by atoms with E-state index in [-0.39, 0.29) is 11.6 Å². The zero-order chi connectivity index (χ0) is 14.4. The molecule has 0 aromatic heterocycles. The first kappa shape index (κ1) is 14.4. The van der Waals surface area contributed by atoms with Crippen LogP contribution in [0.25, 0.3) is 0 Å². The van der Waals surface area contributed by atoms with Crippen molar-refractivity contribution in [3.8, 4) is 17.6 Å². The highest BCUT2D eigenvalue weighted by molar-refractivity contribution is 6.30. The second-order valence-corrected chi connectivity index (χ2v) is 4.43. The molecule has 2 aromatic rings. The number of aliphatic hydroxyl groups is 1. The van der Waals surface area contributed by atoms with Gasteiger partial charge in [0, 0.05) is 11.6 Å². The Morgan fingerprint density at radius 3 is 2.80 bits per heavy atom. The Morgan fingerprint density at radius 1 is 1.20 bits per heavy atom. The predicted molar refractivity (Wildman–Crippen MR) is 76.1 cm³/mol. The molecule has 0 heterocycles. The number of ether oxygens (including phenoxy) is 1. The lowest BCUT2D eigenvalue weighted by Crippen LogP contribution is -1.96. The second kappa shape index (κ2) is 6.95. The van der Waals surface area contributed by atoms with Gasteiger partial charge in [0.1, 0.15) is 24.8 Å². The molecule has 0 aliphatic heterocycles. The quantitative estimate of drug-likeness (QED) is 0.878. The van der Waals surface area contributed by atoms with E-state index in [1.54, 1.807) is 6.07 Å². The first-order valence-electron chi connectivity index (χ1n) is 5.95. The van der Waals surface area contributed by atoms with Gasteiger partial charge < -0.3 is 9.84 Å². The van der Waals surface area contributed by atoms with Gasteiger partial charge in [0.05, 0.1) is 5.02 Å². The molecule has 0 spiro atoms. The topological polar surface area (TPSA) is 29.5 Å². The van der Waals surface area contributed by atoms with Gasteiger partial charge in [-0.2, -0.15) is 0 Å². The van der Waals surface area contributed by atoms with Crippen molar-refractivity contribution in [3.05, 3.63) is 64.4 Å². The van der Waals surface area contributed by atoms with Crippen LogP contribution in [0.2, 0.25) is 5.02 Å². The first-order chi connectivity index (χ1) is 9.69.